The molecule has 1 heteroatoms. The van der Waals surface area contributed by atoms with E-state index in [9.17, 15) is 0 Å². The summed E-state index contributed by atoms with van der Waals surface area (Å²) in [6, 6.07) is 0. The summed E-state index contributed by atoms with van der Waals surface area (Å²) in [5, 5.41) is 0. The lowest BCUT2D eigenvalue weighted by Gasteiger charge is -2.21. The van der Waals surface area contributed by atoms with E-state index in [2.05, 4.69) is 50.3 Å². The highest BCUT2D eigenvalue weighted by Crippen LogP contribution is 2.23. The van der Waals surface area contributed by atoms with E-state index in [0.29, 0.717) is 5.92 Å². The second-order valence-electron chi connectivity index (χ2n) is 4.71. The van der Waals surface area contributed by atoms with Crippen molar-refractivity contribution in [2.75, 3.05) is 0 Å². The molecule has 0 aromatic heterocycles. The number of ether oxygens (including phenoxy) is 1. The maximum Gasteiger partial charge on any atom is 0.120 e. The molecule has 0 aromatic rings. The van der Waals surface area contributed by atoms with E-state index >= 15 is 0 Å². The van der Waals surface area contributed by atoms with Crippen molar-refractivity contribution in [3.63, 3.8) is 0 Å². The standard InChI is InChI=1S/C15H20O/c1-12(2)13-8-10-15(11-9-13)16-14-6-4-3-5-7-14/h3-4,6,8-10,12,15H,5,7,11H2,1-2H3. The summed E-state index contributed by atoms with van der Waals surface area (Å²) in [7, 11) is 0. The molecule has 0 N–H and O–H groups in total. The van der Waals surface area contributed by atoms with Gasteiger partial charge in [0.25, 0.3) is 0 Å². The van der Waals surface area contributed by atoms with E-state index in [1.54, 1.807) is 0 Å². The van der Waals surface area contributed by atoms with Gasteiger partial charge in [-0.25, -0.2) is 0 Å². The number of rotatable bonds is 3. The minimum absolute atomic E-state index is 0.236. The third-order valence-electron chi connectivity index (χ3n) is 3.03. The zero-order chi connectivity index (χ0) is 11.4. The first-order valence-corrected chi connectivity index (χ1v) is 6.16. The fraction of sp³-hybridized carbons (Fsp3) is 0.467. The molecule has 0 bridgehead atoms. The Morgan fingerprint density at radius 2 is 2.25 bits per heavy atom. The van der Waals surface area contributed by atoms with Gasteiger partial charge in [0.2, 0.25) is 0 Å². The molecule has 2 aliphatic carbocycles. The van der Waals surface area contributed by atoms with Crippen LogP contribution >= 0.6 is 0 Å². The highest BCUT2D eigenvalue weighted by Gasteiger charge is 2.13. The van der Waals surface area contributed by atoms with Crippen LogP contribution in [0.3, 0.4) is 0 Å². The Labute approximate surface area is 98.2 Å². The predicted octanol–water partition coefficient (Wildman–Crippen LogP) is 4.15. The third kappa shape index (κ3) is 2.88. The van der Waals surface area contributed by atoms with Gasteiger partial charge in [0.05, 0.1) is 5.76 Å². The summed E-state index contributed by atoms with van der Waals surface area (Å²) >= 11 is 0. The molecule has 16 heavy (non-hydrogen) atoms. The van der Waals surface area contributed by atoms with Crippen molar-refractivity contribution in [3.8, 4) is 0 Å². The summed E-state index contributed by atoms with van der Waals surface area (Å²) in [6.45, 7) is 4.46. The van der Waals surface area contributed by atoms with E-state index in [4.69, 9.17) is 4.74 Å². The predicted molar refractivity (Wildman–Crippen MR) is 68.0 cm³/mol. The highest BCUT2D eigenvalue weighted by molar-refractivity contribution is 5.26. The van der Waals surface area contributed by atoms with Gasteiger partial charge in [0.1, 0.15) is 6.10 Å². The Morgan fingerprint density at radius 1 is 1.38 bits per heavy atom. The molecule has 2 aliphatic rings. The van der Waals surface area contributed by atoms with Gasteiger partial charge in [-0.2, -0.15) is 0 Å². The lowest BCUT2D eigenvalue weighted by Crippen LogP contribution is -2.13. The molecule has 86 valence electrons. The van der Waals surface area contributed by atoms with E-state index in [0.717, 1.165) is 25.0 Å². The van der Waals surface area contributed by atoms with Crippen molar-refractivity contribution in [3.05, 3.63) is 47.8 Å². The first-order chi connectivity index (χ1) is 7.75. The Balaban J connectivity index is 1.89. The lowest BCUT2D eigenvalue weighted by molar-refractivity contribution is 0.147. The van der Waals surface area contributed by atoms with E-state index in [1.807, 2.05) is 0 Å². The first-order valence-electron chi connectivity index (χ1n) is 6.16. The molecular weight excluding hydrogens is 196 g/mol. The van der Waals surface area contributed by atoms with Crippen LogP contribution in [0.25, 0.3) is 0 Å². The van der Waals surface area contributed by atoms with Crippen LogP contribution in [-0.2, 0) is 4.74 Å². The fourth-order valence-corrected chi connectivity index (χ4v) is 2.01. The summed E-state index contributed by atoms with van der Waals surface area (Å²) in [5.74, 6) is 1.74. The van der Waals surface area contributed by atoms with Gasteiger partial charge in [0, 0.05) is 12.8 Å². The summed E-state index contributed by atoms with van der Waals surface area (Å²) in [4.78, 5) is 0. The topological polar surface area (TPSA) is 9.23 Å². The molecule has 0 aliphatic heterocycles. The second-order valence-corrected chi connectivity index (χ2v) is 4.71. The van der Waals surface area contributed by atoms with Crippen molar-refractivity contribution in [2.45, 2.75) is 39.2 Å². The zero-order valence-corrected chi connectivity index (χ0v) is 10.1. The van der Waals surface area contributed by atoms with Crippen LogP contribution in [0.15, 0.2) is 47.8 Å². The van der Waals surface area contributed by atoms with E-state index < -0.39 is 0 Å². The third-order valence-corrected chi connectivity index (χ3v) is 3.03. The largest absolute Gasteiger partial charge is 0.490 e. The summed E-state index contributed by atoms with van der Waals surface area (Å²) in [6.07, 6.45) is 16.4. The van der Waals surface area contributed by atoms with Gasteiger partial charge in [-0.15, -0.1) is 0 Å². The SMILES string of the molecule is CC(C)C1=CCC(OC2=CC=CCC2)C=C1. The average molecular weight is 216 g/mol. The Bertz CT molecular complexity index is 356. The maximum absolute atomic E-state index is 5.94. The van der Waals surface area contributed by atoms with Crippen molar-refractivity contribution in [2.24, 2.45) is 5.92 Å². The summed E-state index contributed by atoms with van der Waals surface area (Å²) in [5.41, 5.74) is 1.43. The fourth-order valence-electron chi connectivity index (χ4n) is 2.01. The normalized spacial score (nSPS) is 24.3. The van der Waals surface area contributed by atoms with E-state index in [1.165, 1.54) is 5.57 Å². The first kappa shape index (κ1) is 11.3. The Morgan fingerprint density at radius 3 is 2.81 bits per heavy atom. The lowest BCUT2D eigenvalue weighted by atomic mass is 9.96. The highest BCUT2D eigenvalue weighted by atomic mass is 16.5. The molecular formula is C15H20O. The minimum Gasteiger partial charge on any atom is -0.490 e. The van der Waals surface area contributed by atoms with Gasteiger partial charge in [-0.3, -0.25) is 0 Å². The molecule has 0 saturated carbocycles. The Hall–Kier alpha value is -1.24. The van der Waals surface area contributed by atoms with Crippen LogP contribution in [0.4, 0.5) is 0 Å². The van der Waals surface area contributed by atoms with Gasteiger partial charge in [-0.05, 0) is 30.1 Å². The molecule has 1 nitrogen and oxygen atoms in total. The molecule has 1 unspecified atom stereocenters. The maximum atomic E-state index is 5.94. The van der Waals surface area contributed by atoms with Crippen LogP contribution in [0, 0.1) is 5.92 Å². The molecule has 0 amide bonds. The molecule has 0 spiro atoms. The molecule has 0 saturated heterocycles. The van der Waals surface area contributed by atoms with Crippen LogP contribution in [0.2, 0.25) is 0 Å². The molecule has 0 fully saturated rings. The number of hydrogen-bond donors (Lipinski definition) is 0. The van der Waals surface area contributed by atoms with Gasteiger partial charge < -0.3 is 4.74 Å². The molecule has 0 aromatic carbocycles. The minimum atomic E-state index is 0.236. The summed E-state index contributed by atoms with van der Waals surface area (Å²) < 4.78 is 5.94. The van der Waals surface area contributed by atoms with Crippen LogP contribution in [0.1, 0.15) is 33.1 Å². The average Bonchev–Trinajstić information content (AvgIpc) is 2.31. The van der Waals surface area contributed by atoms with Crippen molar-refractivity contribution in [1.29, 1.82) is 0 Å². The number of allylic oxidation sites excluding steroid dienone is 6. The van der Waals surface area contributed by atoms with Crippen LogP contribution < -0.4 is 0 Å². The van der Waals surface area contributed by atoms with Crippen molar-refractivity contribution >= 4 is 0 Å². The van der Waals surface area contributed by atoms with Gasteiger partial charge in [0.15, 0.2) is 0 Å². The Kier molecular flexibility index (Phi) is 3.66. The van der Waals surface area contributed by atoms with E-state index in [-0.39, 0.29) is 6.10 Å². The smallest absolute Gasteiger partial charge is 0.120 e. The van der Waals surface area contributed by atoms with Crippen molar-refractivity contribution < 1.29 is 4.74 Å². The monoisotopic (exact) mass is 216 g/mol. The quantitative estimate of drug-likeness (QED) is 0.688. The molecule has 0 heterocycles. The zero-order valence-electron chi connectivity index (χ0n) is 10.1. The number of hydrogen-bond acceptors (Lipinski definition) is 1. The molecule has 0 radical (unpaired) electrons. The van der Waals surface area contributed by atoms with Crippen LogP contribution in [0.5, 0.6) is 0 Å². The second kappa shape index (κ2) is 5.20. The van der Waals surface area contributed by atoms with Gasteiger partial charge >= 0.3 is 0 Å². The molecule has 2 rings (SSSR count). The molecule has 1 atom stereocenters. The van der Waals surface area contributed by atoms with Crippen molar-refractivity contribution in [1.82, 2.24) is 0 Å². The van der Waals surface area contributed by atoms with Crippen LogP contribution in [-0.4, -0.2) is 6.10 Å². The van der Waals surface area contributed by atoms with Gasteiger partial charge in [-0.1, -0.05) is 38.2 Å².